The zero-order chi connectivity index (χ0) is 12.8. The van der Waals surface area contributed by atoms with Crippen LogP contribution in [0.5, 0.6) is 0 Å². The number of amides is 1. The average molecular weight is 254 g/mol. The van der Waals surface area contributed by atoms with Gasteiger partial charge in [0.05, 0.1) is 17.9 Å². The van der Waals surface area contributed by atoms with Crippen molar-refractivity contribution in [2.45, 2.75) is 13.0 Å². The molecule has 19 heavy (non-hydrogen) atoms. The van der Waals surface area contributed by atoms with E-state index in [1.165, 1.54) is 0 Å². The predicted molar refractivity (Wildman–Crippen MR) is 68.4 cm³/mol. The number of rotatable bonds is 1. The minimum Gasteiger partial charge on any atom is -0.324 e. The molecule has 0 bridgehead atoms. The number of aromatic amines is 1. The molecule has 0 spiro atoms. The number of nitrogens with zero attached hydrogens (tertiary/aromatic N) is 4. The standard InChI is InChI=1S/C12H10N6O/c19-9-3-6-18-12-8(15-9)1-4-13-11(12)10(17-18)7-2-5-14-16-7/h1-2,4-5H,3,6H2,(H,14,16)(H,15,19). The van der Waals surface area contributed by atoms with Gasteiger partial charge in [-0.1, -0.05) is 0 Å². The molecule has 0 aliphatic carbocycles. The quantitative estimate of drug-likeness (QED) is 0.682. The van der Waals surface area contributed by atoms with E-state index in [0.29, 0.717) is 13.0 Å². The van der Waals surface area contributed by atoms with E-state index >= 15 is 0 Å². The molecule has 3 aromatic rings. The van der Waals surface area contributed by atoms with Gasteiger partial charge in [-0.05, 0) is 12.1 Å². The molecule has 2 N–H and O–H groups in total. The van der Waals surface area contributed by atoms with Crippen molar-refractivity contribution >= 4 is 22.6 Å². The second kappa shape index (κ2) is 3.64. The molecule has 3 aromatic heterocycles. The van der Waals surface area contributed by atoms with E-state index in [2.05, 4.69) is 25.6 Å². The number of carbonyl (C=O) groups excluding carboxylic acids is 1. The lowest BCUT2D eigenvalue weighted by atomic mass is 10.2. The van der Waals surface area contributed by atoms with Crippen LogP contribution in [0.2, 0.25) is 0 Å². The third-order valence-electron chi connectivity index (χ3n) is 3.21. The number of anilines is 1. The maximum Gasteiger partial charge on any atom is 0.226 e. The van der Waals surface area contributed by atoms with Crippen molar-refractivity contribution in [3.63, 3.8) is 0 Å². The maximum atomic E-state index is 11.6. The van der Waals surface area contributed by atoms with E-state index in [1.807, 2.05) is 10.7 Å². The monoisotopic (exact) mass is 254 g/mol. The van der Waals surface area contributed by atoms with E-state index in [4.69, 9.17) is 0 Å². The van der Waals surface area contributed by atoms with Crippen LogP contribution >= 0.6 is 0 Å². The number of H-pyrrole nitrogens is 1. The number of aryl methyl sites for hydroxylation is 1. The number of carbonyl (C=O) groups is 1. The van der Waals surface area contributed by atoms with Crippen molar-refractivity contribution in [2.75, 3.05) is 5.32 Å². The van der Waals surface area contributed by atoms with Crippen molar-refractivity contribution in [3.8, 4) is 11.4 Å². The number of aromatic nitrogens is 5. The molecule has 0 saturated carbocycles. The Morgan fingerprint density at radius 1 is 1.26 bits per heavy atom. The fourth-order valence-electron chi connectivity index (χ4n) is 2.36. The SMILES string of the molecule is O=C1CCn2nc(-c3ccn[nH]3)c3nccc(c32)N1. The first-order valence-corrected chi connectivity index (χ1v) is 5.98. The Bertz CT molecular complexity index is 773. The number of pyridine rings is 1. The van der Waals surface area contributed by atoms with Gasteiger partial charge >= 0.3 is 0 Å². The molecule has 94 valence electrons. The van der Waals surface area contributed by atoms with E-state index in [9.17, 15) is 4.79 Å². The summed E-state index contributed by atoms with van der Waals surface area (Å²) in [5.41, 5.74) is 3.96. The van der Waals surface area contributed by atoms with E-state index in [1.54, 1.807) is 18.5 Å². The first kappa shape index (κ1) is 10.2. The first-order chi connectivity index (χ1) is 9.33. The van der Waals surface area contributed by atoms with Crippen LogP contribution in [-0.2, 0) is 11.3 Å². The van der Waals surface area contributed by atoms with Gasteiger partial charge in [0.25, 0.3) is 0 Å². The number of nitrogens with one attached hydrogen (secondary N) is 2. The fraction of sp³-hybridized carbons (Fsp3) is 0.167. The third-order valence-corrected chi connectivity index (χ3v) is 3.21. The molecular formula is C12H10N6O. The minimum atomic E-state index is 0.00101. The van der Waals surface area contributed by atoms with Gasteiger partial charge in [0.1, 0.15) is 16.7 Å². The van der Waals surface area contributed by atoms with Gasteiger partial charge in [-0.25, -0.2) is 0 Å². The van der Waals surface area contributed by atoms with Crippen LogP contribution < -0.4 is 5.32 Å². The summed E-state index contributed by atoms with van der Waals surface area (Å²) in [4.78, 5) is 16.0. The molecular weight excluding hydrogens is 244 g/mol. The van der Waals surface area contributed by atoms with E-state index in [-0.39, 0.29) is 5.91 Å². The molecule has 1 aliphatic heterocycles. The molecule has 1 amide bonds. The van der Waals surface area contributed by atoms with Crippen molar-refractivity contribution < 1.29 is 4.79 Å². The molecule has 0 aromatic carbocycles. The Balaban J connectivity index is 2.05. The smallest absolute Gasteiger partial charge is 0.226 e. The van der Waals surface area contributed by atoms with Crippen LogP contribution in [0.3, 0.4) is 0 Å². The molecule has 1 aliphatic rings. The average Bonchev–Trinajstić information content (AvgIpc) is 3.00. The molecule has 7 heteroatoms. The summed E-state index contributed by atoms with van der Waals surface area (Å²) < 4.78 is 1.83. The lowest BCUT2D eigenvalue weighted by Gasteiger charge is -2.01. The highest BCUT2D eigenvalue weighted by Crippen LogP contribution is 2.31. The maximum absolute atomic E-state index is 11.6. The number of hydrogen-bond donors (Lipinski definition) is 2. The Hall–Kier alpha value is -2.70. The van der Waals surface area contributed by atoms with Gasteiger partial charge in [0.2, 0.25) is 5.91 Å². The van der Waals surface area contributed by atoms with Crippen molar-refractivity contribution in [1.29, 1.82) is 0 Å². The fourth-order valence-corrected chi connectivity index (χ4v) is 2.36. The Kier molecular flexibility index (Phi) is 1.96. The molecule has 0 fully saturated rings. The summed E-state index contributed by atoms with van der Waals surface area (Å²) in [5, 5.41) is 14.3. The van der Waals surface area contributed by atoms with Crippen molar-refractivity contribution in [3.05, 3.63) is 24.5 Å². The molecule has 0 radical (unpaired) electrons. The van der Waals surface area contributed by atoms with E-state index < -0.39 is 0 Å². The van der Waals surface area contributed by atoms with E-state index in [0.717, 1.165) is 28.1 Å². The molecule has 0 atom stereocenters. The zero-order valence-corrected chi connectivity index (χ0v) is 9.92. The second-order valence-corrected chi connectivity index (χ2v) is 4.40. The summed E-state index contributed by atoms with van der Waals surface area (Å²) in [6.45, 7) is 0.551. The summed E-state index contributed by atoms with van der Waals surface area (Å²) in [6.07, 6.45) is 3.76. The summed E-state index contributed by atoms with van der Waals surface area (Å²) in [5.74, 6) is 0.00101. The van der Waals surface area contributed by atoms with Crippen LogP contribution in [0.25, 0.3) is 22.4 Å². The summed E-state index contributed by atoms with van der Waals surface area (Å²) >= 11 is 0. The largest absolute Gasteiger partial charge is 0.324 e. The molecule has 4 heterocycles. The van der Waals surface area contributed by atoms with Gasteiger partial charge in [0, 0.05) is 18.8 Å². The van der Waals surface area contributed by atoms with Crippen LogP contribution in [0.1, 0.15) is 6.42 Å². The van der Waals surface area contributed by atoms with Gasteiger partial charge in [-0.3, -0.25) is 19.6 Å². The van der Waals surface area contributed by atoms with Crippen LogP contribution in [-0.4, -0.2) is 30.9 Å². The highest BCUT2D eigenvalue weighted by atomic mass is 16.1. The van der Waals surface area contributed by atoms with Gasteiger partial charge < -0.3 is 5.32 Å². The van der Waals surface area contributed by atoms with Gasteiger partial charge in [0.15, 0.2) is 0 Å². The lowest BCUT2D eigenvalue weighted by Crippen LogP contribution is -2.10. The predicted octanol–water partition coefficient (Wildman–Crippen LogP) is 1.16. The topological polar surface area (TPSA) is 88.5 Å². The third kappa shape index (κ3) is 1.44. The first-order valence-electron chi connectivity index (χ1n) is 5.98. The van der Waals surface area contributed by atoms with Gasteiger partial charge in [-0.2, -0.15) is 10.2 Å². The van der Waals surface area contributed by atoms with Crippen molar-refractivity contribution in [1.82, 2.24) is 25.0 Å². The molecule has 4 rings (SSSR count). The summed E-state index contributed by atoms with van der Waals surface area (Å²) in [6, 6.07) is 3.64. The van der Waals surface area contributed by atoms with Crippen LogP contribution in [0, 0.1) is 0 Å². The second-order valence-electron chi connectivity index (χ2n) is 4.40. The Morgan fingerprint density at radius 2 is 2.21 bits per heavy atom. The Morgan fingerprint density at radius 3 is 3.05 bits per heavy atom. The number of hydrogen-bond acceptors (Lipinski definition) is 4. The minimum absolute atomic E-state index is 0.00101. The Labute approximate surface area is 107 Å². The van der Waals surface area contributed by atoms with Crippen LogP contribution in [0.4, 0.5) is 5.69 Å². The summed E-state index contributed by atoms with van der Waals surface area (Å²) in [7, 11) is 0. The highest BCUT2D eigenvalue weighted by Gasteiger charge is 2.21. The lowest BCUT2D eigenvalue weighted by molar-refractivity contribution is -0.116. The zero-order valence-electron chi connectivity index (χ0n) is 9.92. The van der Waals surface area contributed by atoms with Crippen LogP contribution in [0.15, 0.2) is 24.5 Å². The highest BCUT2D eigenvalue weighted by molar-refractivity contribution is 6.03. The molecule has 0 unspecified atom stereocenters. The normalized spacial score (nSPS) is 14.4. The van der Waals surface area contributed by atoms with Gasteiger partial charge in [-0.15, -0.1) is 0 Å². The molecule has 0 saturated heterocycles. The molecule has 7 nitrogen and oxygen atoms in total. The van der Waals surface area contributed by atoms with Crippen molar-refractivity contribution in [2.24, 2.45) is 0 Å².